The first kappa shape index (κ1) is 19.9. The van der Waals surface area contributed by atoms with Crippen molar-refractivity contribution in [2.75, 3.05) is 44.9 Å². The number of sulfonamides is 1. The van der Waals surface area contributed by atoms with Crippen LogP contribution in [-0.2, 0) is 21.2 Å². The van der Waals surface area contributed by atoms with Gasteiger partial charge in [-0.3, -0.25) is 0 Å². The molecule has 1 aliphatic rings. The van der Waals surface area contributed by atoms with E-state index in [-0.39, 0.29) is 9.92 Å². The van der Waals surface area contributed by atoms with Gasteiger partial charge in [0.25, 0.3) is 0 Å². The quantitative estimate of drug-likeness (QED) is 0.760. The van der Waals surface area contributed by atoms with Crippen LogP contribution in [0, 0.1) is 0 Å². The fourth-order valence-corrected chi connectivity index (χ4v) is 4.30. The van der Waals surface area contributed by atoms with Crippen molar-refractivity contribution in [1.29, 1.82) is 0 Å². The van der Waals surface area contributed by atoms with Crippen LogP contribution in [0.4, 0.5) is 5.69 Å². The van der Waals surface area contributed by atoms with Gasteiger partial charge in [0.1, 0.15) is 5.75 Å². The van der Waals surface area contributed by atoms with Crippen LogP contribution in [0.3, 0.4) is 0 Å². The molecule has 6 nitrogen and oxygen atoms in total. The molecular weight excluding hydrogens is 388 g/mol. The summed E-state index contributed by atoms with van der Waals surface area (Å²) in [7, 11) is -2.13. The highest BCUT2D eigenvalue weighted by atomic mass is 35.5. The van der Waals surface area contributed by atoms with Gasteiger partial charge >= 0.3 is 0 Å². The lowest BCUT2D eigenvalue weighted by Gasteiger charge is -2.28. The van der Waals surface area contributed by atoms with Gasteiger partial charge in [-0.25, -0.2) is 13.1 Å². The number of hydrogen-bond acceptors (Lipinski definition) is 5. The van der Waals surface area contributed by atoms with Gasteiger partial charge in [0.2, 0.25) is 10.0 Å². The summed E-state index contributed by atoms with van der Waals surface area (Å²) in [5.74, 6) is 0.441. The fourth-order valence-electron chi connectivity index (χ4n) is 2.92. The maximum atomic E-state index is 12.4. The zero-order chi connectivity index (χ0) is 19.3. The summed E-state index contributed by atoms with van der Waals surface area (Å²) >= 11 is 6.02. The highest BCUT2D eigenvalue weighted by molar-refractivity contribution is 7.89. The Labute approximate surface area is 165 Å². The summed E-state index contributed by atoms with van der Waals surface area (Å²) < 4.78 is 37.8. The van der Waals surface area contributed by atoms with E-state index < -0.39 is 10.0 Å². The standard InChI is InChI=1S/C19H23ClN2O4S/c1-25-19-7-6-17(14-18(19)20)27(23,24)21-9-8-15-2-4-16(5-3-15)22-10-12-26-13-11-22/h2-7,14,21H,8-13H2,1H3. The van der Waals surface area contributed by atoms with Crippen LogP contribution in [0.1, 0.15) is 5.56 Å². The van der Waals surface area contributed by atoms with Gasteiger partial charge in [-0.2, -0.15) is 0 Å². The smallest absolute Gasteiger partial charge is 0.240 e. The van der Waals surface area contributed by atoms with E-state index in [1.165, 1.54) is 19.2 Å². The third kappa shape index (κ3) is 5.13. The van der Waals surface area contributed by atoms with Crippen LogP contribution in [0.15, 0.2) is 47.4 Å². The van der Waals surface area contributed by atoms with E-state index in [1.807, 2.05) is 12.1 Å². The average molecular weight is 411 g/mol. The summed E-state index contributed by atoms with van der Waals surface area (Å²) in [6.07, 6.45) is 0.604. The first-order valence-corrected chi connectivity index (χ1v) is 10.6. The van der Waals surface area contributed by atoms with E-state index in [0.29, 0.717) is 18.7 Å². The third-order valence-corrected chi connectivity index (χ3v) is 6.21. The molecule has 1 aliphatic heterocycles. The number of nitrogens with zero attached hydrogens (tertiary/aromatic N) is 1. The number of nitrogens with one attached hydrogen (secondary N) is 1. The molecule has 1 saturated heterocycles. The molecule has 2 aromatic rings. The van der Waals surface area contributed by atoms with Gasteiger partial charge in [0.05, 0.1) is 30.2 Å². The third-order valence-electron chi connectivity index (χ3n) is 4.45. The van der Waals surface area contributed by atoms with Crippen LogP contribution in [0.25, 0.3) is 0 Å². The maximum absolute atomic E-state index is 12.4. The van der Waals surface area contributed by atoms with E-state index in [4.69, 9.17) is 21.1 Å². The Morgan fingerprint density at radius 3 is 2.48 bits per heavy atom. The van der Waals surface area contributed by atoms with Gasteiger partial charge in [-0.15, -0.1) is 0 Å². The molecule has 0 saturated carbocycles. The molecule has 0 bridgehead atoms. The SMILES string of the molecule is COc1ccc(S(=O)(=O)NCCc2ccc(N3CCOCC3)cc2)cc1Cl. The Morgan fingerprint density at radius 1 is 1.15 bits per heavy atom. The van der Waals surface area contributed by atoms with Crippen LogP contribution in [0.2, 0.25) is 5.02 Å². The van der Waals surface area contributed by atoms with Gasteiger partial charge in [0.15, 0.2) is 0 Å². The molecule has 8 heteroatoms. The second-order valence-electron chi connectivity index (χ2n) is 6.21. The molecule has 146 valence electrons. The molecule has 2 aromatic carbocycles. The Morgan fingerprint density at radius 2 is 1.85 bits per heavy atom. The van der Waals surface area contributed by atoms with E-state index in [1.54, 1.807) is 6.07 Å². The number of ether oxygens (including phenoxy) is 2. The largest absolute Gasteiger partial charge is 0.495 e. The highest BCUT2D eigenvalue weighted by Crippen LogP contribution is 2.26. The molecule has 1 fully saturated rings. The monoisotopic (exact) mass is 410 g/mol. The minimum absolute atomic E-state index is 0.121. The van der Waals surface area contributed by atoms with Crippen LogP contribution < -0.4 is 14.4 Å². The predicted molar refractivity (Wildman–Crippen MR) is 106 cm³/mol. The molecule has 0 spiro atoms. The molecule has 0 atom stereocenters. The Balaban J connectivity index is 1.56. The van der Waals surface area contributed by atoms with Crippen molar-refractivity contribution < 1.29 is 17.9 Å². The molecule has 3 rings (SSSR count). The second-order valence-corrected chi connectivity index (χ2v) is 8.38. The van der Waals surface area contributed by atoms with Crippen LogP contribution in [-0.4, -0.2) is 48.4 Å². The number of rotatable bonds is 7. The van der Waals surface area contributed by atoms with Crippen molar-refractivity contribution in [3.63, 3.8) is 0 Å². The summed E-state index contributed by atoms with van der Waals surface area (Å²) in [6.45, 7) is 3.59. The zero-order valence-electron chi connectivity index (χ0n) is 15.2. The summed E-state index contributed by atoms with van der Waals surface area (Å²) in [6, 6.07) is 12.6. The minimum Gasteiger partial charge on any atom is -0.495 e. The van der Waals surface area contributed by atoms with Crippen LogP contribution >= 0.6 is 11.6 Å². The maximum Gasteiger partial charge on any atom is 0.240 e. The molecule has 0 aromatic heterocycles. The van der Waals surface area contributed by atoms with E-state index in [0.717, 1.165) is 37.6 Å². The van der Waals surface area contributed by atoms with Crippen molar-refractivity contribution in [3.05, 3.63) is 53.1 Å². The lowest BCUT2D eigenvalue weighted by atomic mass is 10.1. The number of anilines is 1. The molecule has 0 aliphatic carbocycles. The normalized spacial score (nSPS) is 15.0. The highest BCUT2D eigenvalue weighted by Gasteiger charge is 2.16. The second kappa shape index (κ2) is 8.93. The van der Waals surface area contributed by atoms with Gasteiger partial charge in [0, 0.05) is 25.3 Å². The Hall–Kier alpha value is -1.80. The van der Waals surface area contributed by atoms with Crippen molar-refractivity contribution in [2.24, 2.45) is 0 Å². The molecule has 1 heterocycles. The number of benzene rings is 2. The topological polar surface area (TPSA) is 67.9 Å². The average Bonchev–Trinajstić information content (AvgIpc) is 2.69. The van der Waals surface area contributed by atoms with E-state index in [2.05, 4.69) is 21.8 Å². The lowest BCUT2D eigenvalue weighted by molar-refractivity contribution is 0.122. The van der Waals surface area contributed by atoms with Gasteiger partial charge in [-0.05, 0) is 42.3 Å². The minimum atomic E-state index is -3.62. The number of methoxy groups -OCH3 is 1. The molecular formula is C19H23ClN2O4S. The number of hydrogen-bond donors (Lipinski definition) is 1. The van der Waals surface area contributed by atoms with Crippen molar-refractivity contribution in [3.8, 4) is 5.75 Å². The molecule has 0 amide bonds. The molecule has 27 heavy (non-hydrogen) atoms. The first-order valence-electron chi connectivity index (χ1n) is 8.74. The first-order chi connectivity index (χ1) is 13.0. The Kier molecular flexibility index (Phi) is 6.59. The Bertz CT molecular complexity index is 866. The van der Waals surface area contributed by atoms with Crippen molar-refractivity contribution in [1.82, 2.24) is 4.72 Å². The zero-order valence-corrected chi connectivity index (χ0v) is 16.7. The van der Waals surface area contributed by atoms with Crippen molar-refractivity contribution >= 4 is 27.3 Å². The number of morpholine rings is 1. The van der Waals surface area contributed by atoms with Crippen molar-refractivity contribution in [2.45, 2.75) is 11.3 Å². The van der Waals surface area contributed by atoms with E-state index in [9.17, 15) is 8.42 Å². The number of halogens is 1. The van der Waals surface area contributed by atoms with Gasteiger partial charge < -0.3 is 14.4 Å². The summed E-state index contributed by atoms with van der Waals surface area (Å²) in [4.78, 5) is 2.40. The predicted octanol–water partition coefficient (Wildman–Crippen LogP) is 2.71. The summed E-state index contributed by atoms with van der Waals surface area (Å²) in [5, 5.41) is 0.263. The lowest BCUT2D eigenvalue weighted by Crippen LogP contribution is -2.36. The van der Waals surface area contributed by atoms with E-state index >= 15 is 0 Å². The van der Waals surface area contributed by atoms with Crippen LogP contribution in [0.5, 0.6) is 5.75 Å². The molecule has 1 N–H and O–H groups in total. The molecule has 0 radical (unpaired) electrons. The summed E-state index contributed by atoms with van der Waals surface area (Å²) in [5.41, 5.74) is 2.23. The molecule has 0 unspecified atom stereocenters. The fraction of sp³-hybridized carbons (Fsp3) is 0.368. The van der Waals surface area contributed by atoms with Gasteiger partial charge in [-0.1, -0.05) is 23.7 Å².